The van der Waals surface area contributed by atoms with Crippen molar-refractivity contribution in [2.75, 3.05) is 18.0 Å². The zero-order valence-corrected chi connectivity index (χ0v) is 22.9. The molecule has 1 heterocycles. The first-order chi connectivity index (χ1) is 19.2. The number of rotatable bonds is 15. The van der Waals surface area contributed by atoms with Crippen molar-refractivity contribution in [1.29, 1.82) is 0 Å². The zero-order valence-electron chi connectivity index (χ0n) is 22.2. The fourth-order valence-electron chi connectivity index (χ4n) is 3.97. The normalized spacial score (nSPS) is 11.4. The Morgan fingerprint density at radius 2 is 1.65 bits per heavy atom. The molecule has 3 rings (SSSR count). The number of unbranched alkanes of at least 4 members (excludes halogenated alkanes) is 2. The molecule has 3 aromatic rings. The molecule has 0 aliphatic heterocycles. The first-order valence-electron chi connectivity index (χ1n) is 12.9. The van der Waals surface area contributed by atoms with Crippen molar-refractivity contribution >= 4 is 40.9 Å². The molecule has 212 valence electrons. The Bertz CT molecular complexity index is 1300. The van der Waals surface area contributed by atoms with Crippen molar-refractivity contribution in [1.82, 2.24) is 15.3 Å². The highest BCUT2D eigenvalue weighted by Crippen LogP contribution is 2.18. The lowest BCUT2D eigenvalue weighted by Crippen LogP contribution is -2.35. The maximum Gasteiger partial charge on any atom is 0.273 e. The van der Waals surface area contributed by atoms with Crippen LogP contribution in [0.3, 0.4) is 0 Å². The van der Waals surface area contributed by atoms with E-state index in [4.69, 9.17) is 39.3 Å². The van der Waals surface area contributed by atoms with Gasteiger partial charge in [0.25, 0.3) is 5.91 Å². The Kier molecular flexibility index (Phi) is 11.5. The van der Waals surface area contributed by atoms with Crippen LogP contribution in [0.25, 0.3) is 0 Å². The van der Waals surface area contributed by atoms with Crippen molar-refractivity contribution < 1.29 is 14.3 Å². The predicted octanol–water partition coefficient (Wildman–Crippen LogP) is 3.01. The minimum absolute atomic E-state index is 0.0605. The molecule has 0 bridgehead atoms. The van der Waals surface area contributed by atoms with Crippen LogP contribution >= 0.6 is 11.6 Å². The topological polar surface area (TPSA) is 198 Å². The van der Waals surface area contributed by atoms with Crippen molar-refractivity contribution in [3.05, 3.63) is 76.6 Å². The van der Waals surface area contributed by atoms with E-state index in [0.29, 0.717) is 25.9 Å². The van der Waals surface area contributed by atoms with Gasteiger partial charge < -0.3 is 33.0 Å². The van der Waals surface area contributed by atoms with Crippen molar-refractivity contribution in [3.8, 4) is 5.75 Å². The van der Waals surface area contributed by atoms with Gasteiger partial charge in [0.15, 0.2) is 28.4 Å². The third kappa shape index (κ3) is 10.1. The van der Waals surface area contributed by atoms with E-state index >= 15 is 0 Å². The van der Waals surface area contributed by atoms with E-state index < -0.39 is 5.91 Å². The van der Waals surface area contributed by atoms with E-state index in [1.807, 2.05) is 54.6 Å². The van der Waals surface area contributed by atoms with Crippen LogP contribution in [-0.4, -0.2) is 40.2 Å². The number of halogens is 1. The summed E-state index contributed by atoms with van der Waals surface area (Å²) in [7, 11) is 0. The number of guanidine groups is 1. The number of hydrogen-bond acceptors (Lipinski definition) is 8. The molecule has 0 aliphatic carbocycles. The predicted molar refractivity (Wildman–Crippen MR) is 157 cm³/mol. The standard InChI is InChI=1S/C28H35ClN8O3/c29-24-26(31)37-25(30)23(36-24)27(39)34-16-20(35-28(32)33)9-5-2-6-10-21(38)15-18-11-13-22(14-12-18)40-17-19-7-3-1-4-8-19/h1,3-4,7-8,11-14,20H,2,5-6,9-10,15-17H2,(H,34,39)(H4,30,31,37)(H4,32,33,35)/t20-/m0/s1. The van der Waals surface area contributed by atoms with E-state index in [-0.39, 0.29) is 46.8 Å². The number of nitrogens with zero attached hydrogens (tertiary/aromatic N) is 3. The Hall–Kier alpha value is -4.38. The lowest BCUT2D eigenvalue weighted by Gasteiger charge is -2.14. The van der Waals surface area contributed by atoms with Crippen LogP contribution in [0.15, 0.2) is 59.6 Å². The van der Waals surface area contributed by atoms with Crippen molar-refractivity contribution in [3.63, 3.8) is 0 Å². The third-order valence-corrected chi connectivity index (χ3v) is 6.29. The summed E-state index contributed by atoms with van der Waals surface area (Å²) in [5.41, 5.74) is 24.3. The van der Waals surface area contributed by atoms with Gasteiger partial charge in [-0.05, 0) is 36.1 Å². The van der Waals surface area contributed by atoms with Crippen LogP contribution < -0.4 is 33.0 Å². The number of benzene rings is 2. The summed E-state index contributed by atoms with van der Waals surface area (Å²) >= 11 is 5.85. The van der Waals surface area contributed by atoms with E-state index in [2.05, 4.69) is 20.3 Å². The molecule has 0 saturated heterocycles. The molecule has 9 N–H and O–H groups in total. The Morgan fingerprint density at radius 1 is 0.925 bits per heavy atom. The lowest BCUT2D eigenvalue weighted by molar-refractivity contribution is -0.118. The Morgan fingerprint density at radius 3 is 2.35 bits per heavy atom. The first-order valence-corrected chi connectivity index (χ1v) is 13.3. The van der Waals surface area contributed by atoms with E-state index in [0.717, 1.165) is 36.1 Å². The van der Waals surface area contributed by atoms with Gasteiger partial charge in [0.05, 0.1) is 6.04 Å². The number of nitrogens with one attached hydrogen (secondary N) is 1. The lowest BCUT2D eigenvalue weighted by atomic mass is 10.0. The SMILES string of the molecule is NC(N)=N[C@@H](CCCCCC(=O)Cc1ccc(OCc2ccccc2)cc1)CNC(=O)c1nc(Cl)c(N)nc1N. The fraction of sp³-hybridized carbons (Fsp3) is 0.321. The summed E-state index contributed by atoms with van der Waals surface area (Å²) in [6, 6.07) is 17.2. The second-order valence-corrected chi connectivity index (χ2v) is 9.64. The van der Waals surface area contributed by atoms with Gasteiger partial charge in [-0.3, -0.25) is 9.59 Å². The number of carbonyl (C=O) groups is 2. The molecule has 11 nitrogen and oxygen atoms in total. The van der Waals surface area contributed by atoms with Gasteiger partial charge in [-0.25, -0.2) is 15.0 Å². The van der Waals surface area contributed by atoms with Gasteiger partial charge >= 0.3 is 0 Å². The van der Waals surface area contributed by atoms with Gasteiger partial charge in [0.2, 0.25) is 0 Å². The van der Waals surface area contributed by atoms with Gasteiger partial charge in [0, 0.05) is 19.4 Å². The van der Waals surface area contributed by atoms with Gasteiger partial charge in [-0.1, -0.05) is 66.9 Å². The minimum atomic E-state index is -0.566. The van der Waals surface area contributed by atoms with Gasteiger partial charge in [-0.15, -0.1) is 0 Å². The number of amides is 1. The van der Waals surface area contributed by atoms with Crippen LogP contribution in [0, 0.1) is 0 Å². The summed E-state index contributed by atoms with van der Waals surface area (Å²) in [6.45, 7) is 0.653. The molecule has 12 heteroatoms. The second kappa shape index (κ2) is 15.3. The van der Waals surface area contributed by atoms with Crippen LogP contribution in [0.5, 0.6) is 5.75 Å². The molecule has 0 aliphatic rings. The third-order valence-electron chi connectivity index (χ3n) is 6.02. The number of anilines is 2. The minimum Gasteiger partial charge on any atom is -0.489 e. The number of carbonyl (C=O) groups excluding carboxylic acids is 2. The van der Waals surface area contributed by atoms with Crippen LogP contribution in [0.4, 0.5) is 11.6 Å². The summed E-state index contributed by atoms with van der Waals surface area (Å²) in [4.78, 5) is 36.8. The number of aliphatic imine (C=N–C) groups is 1. The highest BCUT2D eigenvalue weighted by Gasteiger charge is 2.17. The molecule has 0 fully saturated rings. The number of nitrogens with two attached hydrogens (primary N) is 4. The largest absolute Gasteiger partial charge is 0.489 e. The molecule has 2 aromatic carbocycles. The summed E-state index contributed by atoms with van der Waals surface area (Å²) < 4.78 is 5.80. The average molecular weight is 567 g/mol. The fourth-order valence-corrected chi connectivity index (χ4v) is 4.09. The van der Waals surface area contributed by atoms with E-state index in [1.165, 1.54) is 0 Å². The van der Waals surface area contributed by atoms with Crippen LogP contribution in [-0.2, 0) is 17.8 Å². The van der Waals surface area contributed by atoms with E-state index in [1.54, 1.807) is 0 Å². The number of aromatic nitrogens is 2. The Balaban J connectivity index is 1.36. The first kappa shape index (κ1) is 30.2. The molecule has 1 aromatic heterocycles. The molecule has 0 unspecified atom stereocenters. The molecule has 1 amide bonds. The molecular weight excluding hydrogens is 532 g/mol. The highest BCUT2D eigenvalue weighted by molar-refractivity contribution is 6.31. The van der Waals surface area contributed by atoms with Gasteiger partial charge in [0.1, 0.15) is 18.1 Å². The maximum absolute atomic E-state index is 12.5. The number of nitrogen functional groups attached to an aromatic ring is 2. The summed E-state index contributed by atoms with van der Waals surface area (Å²) in [5, 5.41) is 2.58. The number of Topliss-reactive ketones (excluding diaryl/α,β-unsaturated/α-hetero) is 1. The van der Waals surface area contributed by atoms with Gasteiger partial charge in [-0.2, -0.15) is 0 Å². The number of ketones is 1. The summed E-state index contributed by atoms with van der Waals surface area (Å²) in [5.74, 6) is 0.0984. The molecule has 0 spiro atoms. The zero-order chi connectivity index (χ0) is 28.9. The summed E-state index contributed by atoms with van der Waals surface area (Å²) in [6.07, 6.45) is 3.80. The highest BCUT2D eigenvalue weighted by atomic mass is 35.5. The average Bonchev–Trinajstić information content (AvgIpc) is 2.93. The van der Waals surface area contributed by atoms with Crippen LogP contribution in [0.1, 0.15) is 53.7 Å². The maximum atomic E-state index is 12.5. The van der Waals surface area contributed by atoms with E-state index in [9.17, 15) is 9.59 Å². The van der Waals surface area contributed by atoms with Crippen LogP contribution in [0.2, 0.25) is 5.15 Å². The quantitative estimate of drug-likeness (QED) is 0.104. The number of hydrogen-bond donors (Lipinski definition) is 5. The van der Waals surface area contributed by atoms with Crippen molar-refractivity contribution in [2.24, 2.45) is 16.5 Å². The number of ether oxygens (including phenoxy) is 1. The molecule has 0 radical (unpaired) electrons. The molecule has 40 heavy (non-hydrogen) atoms. The molecule has 0 saturated carbocycles. The molecular formula is C28H35ClN8O3. The monoisotopic (exact) mass is 566 g/mol. The Labute approximate surface area is 238 Å². The van der Waals surface area contributed by atoms with Crippen molar-refractivity contribution in [2.45, 2.75) is 51.2 Å². The molecule has 1 atom stereocenters. The second-order valence-electron chi connectivity index (χ2n) is 9.28. The smallest absolute Gasteiger partial charge is 0.273 e.